The molecule has 140 valence electrons. The zero-order valence-corrected chi connectivity index (χ0v) is 15.7. The summed E-state index contributed by atoms with van der Waals surface area (Å²) in [5.74, 6) is 2.41. The number of aromatic nitrogens is 1. The predicted molar refractivity (Wildman–Crippen MR) is 105 cm³/mol. The van der Waals surface area contributed by atoms with E-state index in [1.807, 2.05) is 62.5 Å². The number of hydrogen-bond acceptors (Lipinski definition) is 4. The van der Waals surface area contributed by atoms with Gasteiger partial charge in [-0.15, -0.1) is 0 Å². The van der Waals surface area contributed by atoms with Crippen LogP contribution in [0.25, 0.3) is 0 Å². The van der Waals surface area contributed by atoms with E-state index in [-0.39, 0.29) is 6.10 Å². The normalized spacial score (nSPS) is 12.3. The van der Waals surface area contributed by atoms with Crippen LogP contribution in [0.5, 0.6) is 11.5 Å². The summed E-state index contributed by atoms with van der Waals surface area (Å²) in [6.07, 6.45) is 2.63. The van der Waals surface area contributed by atoms with Crippen molar-refractivity contribution in [2.45, 2.75) is 26.4 Å². The van der Waals surface area contributed by atoms with Crippen LogP contribution in [0.3, 0.4) is 0 Å². The van der Waals surface area contributed by atoms with Crippen molar-refractivity contribution in [2.24, 2.45) is 4.99 Å². The molecule has 2 aromatic rings. The molecule has 0 spiro atoms. The monoisotopic (exact) mass is 356 g/mol. The van der Waals surface area contributed by atoms with Gasteiger partial charge in [0.2, 0.25) is 0 Å². The van der Waals surface area contributed by atoms with E-state index in [1.54, 1.807) is 7.11 Å². The predicted octanol–water partition coefficient (Wildman–Crippen LogP) is 2.66. The van der Waals surface area contributed by atoms with E-state index in [0.717, 1.165) is 42.7 Å². The van der Waals surface area contributed by atoms with Crippen molar-refractivity contribution in [3.8, 4) is 11.5 Å². The molecular weight excluding hydrogens is 328 g/mol. The summed E-state index contributed by atoms with van der Waals surface area (Å²) in [5, 5.41) is 6.58. The third-order valence-electron chi connectivity index (χ3n) is 3.65. The van der Waals surface area contributed by atoms with Crippen LogP contribution in [0.1, 0.15) is 19.5 Å². The number of ether oxygens (including phenoxy) is 2. The fraction of sp³-hybridized carbons (Fsp3) is 0.400. The van der Waals surface area contributed by atoms with Crippen LogP contribution in [-0.4, -0.2) is 43.8 Å². The van der Waals surface area contributed by atoms with Gasteiger partial charge >= 0.3 is 0 Å². The quantitative estimate of drug-likeness (QED) is 0.534. The highest BCUT2D eigenvalue weighted by atomic mass is 16.5. The Morgan fingerprint density at radius 1 is 1.12 bits per heavy atom. The van der Waals surface area contributed by atoms with Gasteiger partial charge in [-0.2, -0.15) is 0 Å². The van der Waals surface area contributed by atoms with Crippen LogP contribution < -0.4 is 20.1 Å². The maximum absolute atomic E-state index is 5.89. The number of aliphatic imine (C=N–C) groups is 1. The molecule has 1 atom stereocenters. The first kappa shape index (κ1) is 19.6. The lowest BCUT2D eigenvalue weighted by Gasteiger charge is -2.15. The number of guanidine groups is 1. The Morgan fingerprint density at radius 3 is 2.54 bits per heavy atom. The Bertz CT molecular complexity index is 659. The first-order valence-corrected chi connectivity index (χ1v) is 8.94. The number of nitrogens with one attached hydrogen (secondary N) is 2. The second-order valence-electron chi connectivity index (χ2n) is 5.82. The Morgan fingerprint density at radius 2 is 1.88 bits per heavy atom. The van der Waals surface area contributed by atoms with E-state index < -0.39 is 0 Å². The van der Waals surface area contributed by atoms with E-state index >= 15 is 0 Å². The molecule has 0 saturated heterocycles. The number of benzene rings is 1. The molecule has 0 radical (unpaired) electrons. The average molecular weight is 356 g/mol. The summed E-state index contributed by atoms with van der Waals surface area (Å²) < 4.78 is 11.0. The summed E-state index contributed by atoms with van der Waals surface area (Å²) in [6, 6.07) is 13.5. The van der Waals surface area contributed by atoms with Crippen molar-refractivity contribution in [3.63, 3.8) is 0 Å². The van der Waals surface area contributed by atoms with Gasteiger partial charge in [0, 0.05) is 31.4 Å². The molecule has 26 heavy (non-hydrogen) atoms. The molecule has 0 bridgehead atoms. The molecule has 0 aliphatic carbocycles. The van der Waals surface area contributed by atoms with E-state index in [4.69, 9.17) is 9.47 Å². The van der Waals surface area contributed by atoms with E-state index in [1.165, 1.54) is 0 Å². The van der Waals surface area contributed by atoms with Gasteiger partial charge in [-0.1, -0.05) is 6.07 Å². The molecule has 6 nitrogen and oxygen atoms in total. The van der Waals surface area contributed by atoms with Crippen molar-refractivity contribution >= 4 is 5.96 Å². The van der Waals surface area contributed by atoms with Crippen LogP contribution in [0.15, 0.2) is 53.7 Å². The molecule has 1 heterocycles. The van der Waals surface area contributed by atoms with E-state index in [2.05, 4.69) is 20.6 Å². The van der Waals surface area contributed by atoms with Gasteiger partial charge in [0.15, 0.2) is 5.96 Å². The summed E-state index contributed by atoms with van der Waals surface area (Å²) in [5.41, 5.74) is 1.06. The van der Waals surface area contributed by atoms with Crippen LogP contribution in [0.4, 0.5) is 0 Å². The zero-order chi connectivity index (χ0) is 18.6. The van der Waals surface area contributed by atoms with Crippen LogP contribution in [-0.2, 0) is 6.42 Å². The van der Waals surface area contributed by atoms with Crippen molar-refractivity contribution in [1.82, 2.24) is 15.6 Å². The van der Waals surface area contributed by atoms with Crippen molar-refractivity contribution in [2.75, 3.05) is 26.7 Å². The highest BCUT2D eigenvalue weighted by Crippen LogP contribution is 2.18. The molecule has 6 heteroatoms. The molecule has 0 saturated carbocycles. The van der Waals surface area contributed by atoms with Gasteiger partial charge in [-0.05, 0) is 50.2 Å². The highest BCUT2D eigenvalue weighted by Gasteiger charge is 2.05. The average Bonchev–Trinajstić information content (AvgIpc) is 2.67. The Balaban J connectivity index is 1.80. The maximum Gasteiger partial charge on any atom is 0.191 e. The lowest BCUT2D eigenvalue weighted by Crippen LogP contribution is -2.39. The summed E-state index contributed by atoms with van der Waals surface area (Å²) in [6.45, 7) is 6.20. The molecule has 1 unspecified atom stereocenters. The summed E-state index contributed by atoms with van der Waals surface area (Å²) in [7, 11) is 1.65. The molecule has 2 N–H and O–H groups in total. The Kier molecular flexibility index (Phi) is 8.26. The van der Waals surface area contributed by atoms with Crippen LogP contribution in [0, 0.1) is 0 Å². The molecule has 0 aliphatic rings. The summed E-state index contributed by atoms with van der Waals surface area (Å²) >= 11 is 0. The molecule has 1 aromatic carbocycles. The SMILES string of the molecule is CCNC(=NCC(C)Oc1ccc(OC)cc1)NCCc1ccccn1. The molecule has 1 aromatic heterocycles. The third-order valence-corrected chi connectivity index (χ3v) is 3.65. The Labute approximate surface area is 155 Å². The molecule has 0 fully saturated rings. The van der Waals surface area contributed by atoms with Gasteiger partial charge in [0.05, 0.1) is 13.7 Å². The van der Waals surface area contributed by atoms with Crippen LogP contribution >= 0.6 is 0 Å². The fourth-order valence-corrected chi connectivity index (χ4v) is 2.34. The van der Waals surface area contributed by atoms with Gasteiger partial charge in [0.1, 0.15) is 17.6 Å². The maximum atomic E-state index is 5.89. The second kappa shape index (κ2) is 11.0. The lowest BCUT2D eigenvalue weighted by molar-refractivity contribution is 0.230. The fourth-order valence-electron chi connectivity index (χ4n) is 2.34. The van der Waals surface area contributed by atoms with Gasteiger partial charge in [0.25, 0.3) is 0 Å². The molecule has 0 aliphatic heterocycles. The minimum absolute atomic E-state index is 0.0327. The molecular formula is C20H28N4O2. The standard InChI is InChI=1S/C20H28N4O2/c1-4-21-20(23-14-12-17-7-5-6-13-22-17)24-15-16(2)26-19-10-8-18(25-3)9-11-19/h5-11,13,16H,4,12,14-15H2,1-3H3,(H2,21,23,24). The number of hydrogen-bond donors (Lipinski definition) is 2. The molecule has 0 amide bonds. The third kappa shape index (κ3) is 7.01. The largest absolute Gasteiger partial charge is 0.497 e. The number of rotatable bonds is 9. The highest BCUT2D eigenvalue weighted by molar-refractivity contribution is 5.79. The van der Waals surface area contributed by atoms with Gasteiger partial charge < -0.3 is 20.1 Å². The number of methoxy groups -OCH3 is 1. The first-order valence-electron chi connectivity index (χ1n) is 8.94. The van der Waals surface area contributed by atoms with E-state index in [9.17, 15) is 0 Å². The minimum atomic E-state index is -0.0327. The lowest BCUT2D eigenvalue weighted by atomic mass is 10.3. The number of pyridine rings is 1. The smallest absolute Gasteiger partial charge is 0.191 e. The van der Waals surface area contributed by atoms with Crippen molar-refractivity contribution in [3.05, 3.63) is 54.4 Å². The first-order chi connectivity index (χ1) is 12.7. The number of nitrogens with zero attached hydrogens (tertiary/aromatic N) is 2. The van der Waals surface area contributed by atoms with Gasteiger partial charge in [-0.25, -0.2) is 4.99 Å². The topological polar surface area (TPSA) is 67.8 Å². The van der Waals surface area contributed by atoms with Crippen LogP contribution in [0.2, 0.25) is 0 Å². The van der Waals surface area contributed by atoms with Crippen molar-refractivity contribution < 1.29 is 9.47 Å². The second-order valence-corrected chi connectivity index (χ2v) is 5.82. The van der Waals surface area contributed by atoms with Gasteiger partial charge in [-0.3, -0.25) is 4.98 Å². The zero-order valence-electron chi connectivity index (χ0n) is 15.7. The summed E-state index contributed by atoms with van der Waals surface area (Å²) in [4.78, 5) is 8.92. The van der Waals surface area contributed by atoms with E-state index in [0.29, 0.717) is 6.54 Å². The van der Waals surface area contributed by atoms with Crippen molar-refractivity contribution in [1.29, 1.82) is 0 Å². The minimum Gasteiger partial charge on any atom is -0.497 e. The Hall–Kier alpha value is -2.76. The molecule has 2 rings (SSSR count).